The van der Waals surface area contributed by atoms with Crippen LogP contribution < -0.4 is 5.32 Å². The Morgan fingerprint density at radius 3 is 2.43 bits per heavy atom. The number of benzene rings is 1. The summed E-state index contributed by atoms with van der Waals surface area (Å²) >= 11 is 0. The van der Waals surface area contributed by atoms with Gasteiger partial charge in [-0.05, 0) is 51.1 Å². The van der Waals surface area contributed by atoms with Crippen LogP contribution >= 0.6 is 0 Å². The molecule has 0 radical (unpaired) electrons. The van der Waals surface area contributed by atoms with Crippen molar-refractivity contribution in [1.29, 1.82) is 0 Å². The van der Waals surface area contributed by atoms with Crippen molar-refractivity contribution in [2.45, 2.75) is 38.8 Å². The highest BCUT2D eigenvalue weighted by Gasteiger charge is 2.36. The highest BCUT2D eigenvalue weighted by Crippen LogP contribution is 2.21. The van der Waals surface area contributed by atoms with Gasteiger partial charge in [0, 0.05) is 17.8 Å². The minimum Gasteiger partial charge on any atom is -0.335 e. The molecule has 0 spiro atoms. The van der Waals surface area contributed by atoms with Gasteiger partial charge in [0.05, 0.1) is 24.6 Å². The molecule has 156 valence electrons. The Bertz CT molecular complexity index is 798. The summed E-state index contributed by atoms with van der Waals surface area (Å²) in [6.45, 7) is 3.86. The van der Waals surface area contributed by atoms with Crippen LogP contribution in [0.5, 0.6) is 0 Å². The molecule has 2 atom stereocenters. The number of nitrogens with zero attached hydrogens (tertiary/aromatic N) is 2. The van der Waals surface area contributed by atoms with E-state index in [1.54, 1.807) is 16.8 Å². The first-order valence-corrected chi connectivity index (χ1v) is 11.2. The molecule has 1 aromatic rings. The Kier molecular flexibility index (Phi) is 7.54. The molecule has 1 aliphatic rings. The van der Waals surface area contributed by atoms with Gasteiger partial charge in [-0.1, -0.05) is 6.92 Å². The van der Waals surface area contributed by atoms with E-state index in [1.807, 2.05) is 13.8 Å². The third-order valence-electron chi connectivity index (χ3n) is 4.90. The minimum atomic E-state index is -3.10. The van der Waals surface area contributed by atoms with Gasteiger partial charge in [-0.3, -0.25) is 14.5 Å². The van der Waals surface area contributed by atoms with E-state index in [0.29, 0.717) is 12.1 Å². The summed E-state index contributed by atoms with van der Waals surface area (Å²) in [7, 11) is -1.44. The molecule has 28 heavy (non-hydrogen) atoms. The zero-order valence-corrected chi connectivity index (χ0v) is 17.3. The number of hydrogen-bond donors (Lipinski definition) is 1. The molecule has 0 bridgehead atoms. The second-order valence-electron chi connectivity index (χ2n) is 7.34. The van der Waals surface area contributed by atoms with Crippen LogP contribution in [0.2, 0.25) is 0 Å². The number of sulfone groups is 1. The van der Waals surface area contributed by atoms with E-state index in [-0.39, 0.29) is 54.3 Å². The third-order valence-corrected chi connectivity index (χ3v) is 6.65. The average molecular weight is 414 g/mol. The van der Waals surface area contributed by atoms with Gasteiger partial charge in [0.15, 0.2) is 9.84 Å². The van der Waals surface area contributed by atoms with Crippen molar-refractivity contribution in [2.75, 3.05) is 37.0 Å². The Labute approximate surface area is 165 Å². The molecule has 1 heterocycles. The van der Waals surface area contributed by atoms with Crippen molar-refractivity contribution in [3.63, 3.8) is 0 Å². The predicted molar refractivity (Wildman–Crippen MR) is 106 cm³/mol. The summed E-state index contributed by atoms with van der Waals surface area (Å²) in [5, 5.41) is 2.65. The first-order chi connectivity index (χ1) is 13.1. The molecule has 2 rings (SSSR count). The fourth-order valence-corrected chi connectivity index (χ4v) is 5.06. The van der Waals surface area contributed by atoms with E-state index in [1.165, 1.54) is 24.3 Å². The van der Waals surface area contributed by atoms with Crippen LogP contribution in [0.15, 0.2) is 24.3 Å². The van der Waals surface area contributed by atoms with Crippen molar-refractivity contribution in [2.24, 2.45) is 0 Å². The van der Waals surface area contributed by atoms with Crippen LogP contribution in [0.25, 0.3) is 0 Å². The number of likely N-dealkylation sites (N-methyl/N-ethyl adjacent to an activating group) is 1. The summed E-state index contributed by atoms with van der Waals surface area (Å²) in [4.78, 5) is 28.2. The van der Waals surface area contributed by atoms with Crippen molar-refractivity contribution < 1.29 is 22.4 Å². The molecule has 1 saturated heterocycles. The Morgan fingerprint density at radius 2 is 1.89 bits per heavy atom. The van der Waals surface area contributed by atoms with Crippen LogP contribution in [-0.4, -0.2) is 73.8 Å². The lowest BCUT2D eigenvalue weighted by Gasteiger charge is -2.34. The molecular weight excluding hydrogens is 385 g/mol. The largest absolute Gasteiger partial charge is 0.335 e. The van der Waals surface area contributed by atoms with Crippen molar-refractivity contribution in [3.05, 3.63) is 30.1 Å². The standard InChI is InChI=1S/C19H28FN3O4S/c1-4-14(2)23(17-9-10-28(26,27)13-17)19(25)12-22(3)11-18(24)21-16-7-5-15(20)6-8-16/h5-8,14,17H,4,9-13H2,1-3H3,(H,21,24)/t14-,17+/m1/s1. The maximum absolute atomic E-state index is 12.9. The van der Waals surface area contributed by atoms with Gasteiger partial charge in [0.25, 0.3) is 0 Å². The SMILES string of the molecule is CC[C@@H](C)N(C(=O)CN(C)CC(=O)Nc1ccc(F)cc1)[C@H]1CCS(=O)(=O)C1. The molecule has 2 amide bonds. The summed E-state index contributed by atoms with van der Waals surface area (Å²) < 4.78 is 36.6. The van der Waals surface area contributed by atoms with Gasteiger partial charge in [-0.25, -0.2) is 12.8 Å². The van der Waals surface area contributed by atoms with E-state index in [4.69, 9.17) is 0 Å². The maximum atomic E-state index is 12.9. The normalized spacial score (nSPS) is 19.4. The highest BCUT2D eigenvalue weighted by atomic mass is 32.2. The first kappa shape index (κ1) is 22.3. The molecule has 0 unspecified atom stereocenters. The molecule has 0 saturated carbocycles. The molecule has 1 aromatic carbocycles. The predicted octanol–water partition coefficient (Wildman–Crippen LogP) is 1.51. The van der Waals surface area contributed by atoms with Crippen LogP contribution in [0.4, 0.5) is 10.1 Å². The molecule has 0 aromatic heterocycles. The molecule has 1 N–H and O–H groups in total. The molecule has 7 nitrogen and oxygen atoms in total. The number of rotatable bonds is 8. The number of hydrogen-bond acceptors (Lipinski definition) is 5. The lowest BCUT2D eigenvalue weighted by atomic mass is 10.1. The zero-order valence-electron chi connectivity index (χ0n) is 16.5. The number of carbonyl (C=O) groups excluding carboxylic acids is 2. The van der Waals surface area contributed by atoms with E-state index in [2.05, 4.69) is 5.32 Å². The third kappa shape index (κ3) is 6.27. The summed E-state index contributed by atoms with van der Waals surface area (Å²) in [6, 6.07) is 5.04. The Morgan fingerprint density at radius 1 is 1.25 bits per heavy atom. The van der Waals surface area contributed by atoms with E-state index < -0.39 is 9.84 Å². The lowest BCUT2D eigenvalue weighted by Crippen LogP contribution is -2.50. The Balaban J connectivity index is 1.94. The summed E-state index contributed by atoms with van der Waals surface area (Å²) in [5.74, 6) is -0.792. The van der Waals surface area contributed by atoms with Crippen molar-refractivity contribution >= 4 is 27.3 Å². The van der Waals surface area contributed by atoms with Crippen LogP contribution in [0.1, 0.15) is 26.7 Å². The quantitative estimate of drug-likeness (QED) is 0.698. The zero-order chi connectivity index (χ0) is 20.9. The Hall–Kier alpha value is -2.00. The lowest BCUT2D eigenvalue weighted by molar-refractivity contribution is -0.136. The van der Waals surface area contributed by atoms with Crippen molar-refractivity contribution in [3.8, 4) is 0 Å². The first-order valence-electron chi connectivity index (χ1n) is 9.37. The van der Waals surface area contributed by atoms with Crippen LogP contribution in [0.3, 0.4) is 0 Å². The number of halogens is 1. The fraction of sp³-hybridized carbons (Fsp3) is 0.579. The smallest absolute Gasteiger partial charge is 0.238 e. The fourth-order valence-electron chi connectivity index (χ4n) is 3.35. The van der Waals surface area contributed by atoms with Gasteiger partial charge >= 0.3 is 0 Å². The molecule has 0 aliphatic carbocycles. The van der Waals surface area contributed by atoms with Crippen molar-refractivity contribution in [1.82, 2.24) is 9.80 Å². The number of nitrogens with one attached hydrogen (secondary N) is 1. The molecule has 9 heteroatoms. The highest BCUT2D eigenvalue weighted by molar-refractivity contribution is 7.91. The second kappa shape index (κ2) is 9.47. The van der Waals surface area contributed by atoms with E-state index in [9.17, 15) is 22.4 Å². The summed E-state index contributed by atoms with van der Waals surface area (Å²) in [6.07, 6.45) is 1.17. The van der Waals surface area contributed by atoms with Gasteiger partial charge in [-0.15, -0.1) is 0 Å². The molecule has 1 aliphatic heterocycles. The van der Waals surface area contributed by atoms with Crippen LogP contribution in [-0.2, 0) is 19.4 Å². The average Bonchev–Trinajstić information content (AvgIpc) is 2.96. The number of amides is 2. The second-order valence-corrected chi connectivity index (χ2v) is 9.57. The van der Waals surface area contributed by atoms with Gasteiger partial charge in [-0.2, -0.15) is 0 Å². The van der Waals surface area contributed by atoms with E-state index >= 15 is 0 Å². The van der Waals surface area contributed by atoms with Gasteiger partial charge in [0.2, 0.25) is 11.8 Å². The van der Waals surface area contributed by atoms with Crippen LogP contribution in [0, 0.1) is 5.82 Å². The minimum absolute atomic E-state index is 0.00214. The summed E-state index contributed by atoms with van der Waals surface area (Å²) in [5.41, 5.74) is 0.475. The maximum Gasteiger partial charge on any atom is 0.238 e. The van der Waals surface area contributed by atoms with E-state index in [0.717, 1.165) is 6.42 Å². The monoisotopic (exact) mass is 413 g/mol. The van der Waals surface area contributed by atoms with Gasteiger partial charge in [0.1, 0.15) is 5.82 Å². The van der Waals surface area contributed by atoms with Gasteiger partial charge < -0.3 is 10.2 Å². The molecule has 1 fully saturated rings. The molecular formula is C19H28FN3O4S. The number of anilines is 1. The topological polar surface area (TPSA) is 86.8 Å². The number of carbonyl (C=O) groups is 2.